The molecule has 0 unspecified atom stereocenters. The number of nitrogens with one attached hydrogen (secondary N) is 1. The molecule has 4 nitrogen and oxygen atoms in total. The molecular formula is C16H26N4S. The standard InChI is InChI=1S/C16H26N4S/c1-13-10-18-14(21-13)11-19-15(17-2)20-9-8-16(12-20)6-4-3-5-7-16/h10H,3-9,11-12H2,1-2H3,(H,17,19). The van der Waals surface area contributed by atoms with Crippen LogP contribution in [0.3, 0.4) is 0 Å². The van der Waals surface area contributed by atoms with Crippen molar-refractivity contribution in [2.45, 2.75) is 52.0 Å². The highest BCUT2D eigenvalue weighted by Gasteiger charge is 2.39. The summed E-state index contributed by atoms with van der Waals surface area (Å²) >= 11 is 1.76. The van der Waals surface area contributed by atoms with Gasteiger partial charge in [-0.05, 0) is 31.6 Å². The van der Waals surface area contributed by atoms with Crippen molar-refractivity contribution in [2.24, 2.45) is 10.4 Å². The van der Waals surface area contributed by atoms with E-state index >= 15 is 0 Å². The highest BCUT2D eigenvalue weighted by atomic mass is 32.1. The lowest BCUT2D eigenvalue weighted by Gasteiger charge is -2.33. The van der Waals surface area contributed by atoms with Crippen molar-refractivity contribution in [3.05, 3.63) is 16.1 Å². The molecule has 1 aliphatic carbocycles. The van der Waals surface area contributed by atoms with E-state index in [0.717, 1.165) is 24.1 Å². The lowest BCUT2D eigenvalue weighted by atomic mass is 9.73. The molecule has 116 valence electrons. The van der Waals surface area contributed by atoms with Crippen LogP contribution in [0, 0.1) is 12.3 Å². The Hall–Kier alpha value is -1.10. The van der Waals surface area contributed by atoms with Crippen LogP contribution in [0.4, 0.5) is 0 Å². The summed E-state index contributed by atoms with van der Waals surface area (Å²) in [5.74, 6) is 1.05. The minimum atomic E-state index is 0.577. The molecule has 0 bridgehead atoms. The zero-order valence-electron chi connectivity index (χ0n) is 13.2. The second-order valence-corrected chi connectivity index (χ2v) is 7.82. The van der Waals surface area contributed by atoms with Crippen LogP contribution in [0.15, 0.2) is 11.2 Å². The Bertz CT molecular complexity index is 502. The third-order valence-electron chi connectivity index (χ3n) is 4.93. The van der Waals surface area contributed by atoms with Gasteiger partial charge in [-0.25, -0.2) is 4.98 Å². The topological polar surface area (TPSA) is 40.5 Å². The molecule has 1 aromatic rings. The Morgan fingerprint density at radius 2 is 2.19 bits per heavy atom. The Labute approximate surface area is 131 Å². The molecule has 5 heteroatoms. The number of hydrogen-bond donors (Lipinski definition) is 1. The van der Waals surface area contributed by atoms with E-state index in [2.05, 4.69) is 27.1 Å². The molecule has 1 spiro atoms. The molecule has 2 fully saturated rings. The zero-order chi connectivity index (χ0) is 14.7. The van der Waals surface area contributed by atoms with Crippen molar-refractivity contribution in [3.8, 4) is 0 Å². The fraction of sp³-hybridized carbons (Fsp3) is 0.750. The van der Waals surface area contributed by atoms with E-state index in [1.807, 2.05) is 13.2 Å². The van der Waals surface area contributed by atoms with Gasteiger partial charge in [0, 0.05) is 31.2 Å². The second kappa shape index (κ2) is 6.34. The first-order valence-corrected chi connectivity index (χ1v) is 8.89. The zero-order valence-corrected chi connectivity index (χ0v) is 14.0. The molecule has 1 saturated carbocycles. The van der Waals surface area contributed by atoms with Crippen molar-refractivity contribution < 1.29 is 0 Å². The average molecular weight is 306 g/mol. The number of rotatable bonds is 2. The summed E-state index contributed by atoms with van der Waals surface area (Å²) in [6, 6.07) is 0. The SMILES string of the molecule is CN=C(NCc1ncc(C)s1)N1CCC2(CCCCC2)C1. The fourth-order valence-electron chi connectivity index (χ4n) is 3.80. The molecule has 2 heterocycles. The van der Waals surface area contributed by atoms with Crippen LogP contribution in [-0.4, -0.2) is 36.0 Å². The molecule has 2 aliphatic rings. The molecule has 3 rings (SSSR count). The third-order valence-corrected chi connectivity index (χ3v) is 5.84. The average Bonchev–Trinajstić information content (AvgIpc) is 3.08. The summed E-state index contributed by atoms with van der Waals surface area (Å²) in [5, 5.41) is 4.63. The predicted molar refractivity (Wildman–Crippen MR) is 88.8 cm³/mol. The minimum Gasteiger partial charge on any atom is -0.350 e. The normalized spacial score (nSPS) is 22.0. The molecule has 0 aromatic carbocycles. The Kier molecular flexibility index (Phi) is 4.48. The van der Waals surface area contributed by atoms with Gasteiger partial charge >= 0.3 is 0 Å². The largest absolute Gasteiger partial charge is 0.350 e. The lowest BCUT2D eigenvalue weighted by Crippen LogP contribution is -2.41. The number of likely N-dealkylation sites (tertiary alicyclic amines) is 1. The van der Waals surface area contributed by atoms with Gasteiger partial charge in [0.25, 0.3) is 0 Å². The van der Waals surface area contributed by atoms with E-state index in [4.69, 9.17) is 0 Å². The molecule has 0 amide bonds. The summed E-state index contributed by atoms with van der Waals surface area (Å²) in [7, 11) is 1.89. The van der Waals surface area contributed by atoms with Gasteiger partial charge in [-0.15, -0.1) is 11.3 Å². The van der Waals surface area contributed by atoms with Crippen LogP contribution >= 0.6 is 11.3 Å². The first-order valence-electron chi connectivity index (χ1n) is 8.08. The van der Waals surface area contributed by atoms with Crippen molar-refractivity contribution >= 4 is 17.3 Å². The van der Waals surface area contributed by atoms with Crippen LogP contribution < -0.4 is 5.32 Å². The summed E-state index contributed by atoms with van der Waals surface area (Å²) in [5.41, 5.74) is 0.577. The second-order valence-electron chi connectivity index (χ2n) is 6.50. The minimum absolute atomic E-state index is 0.577. The molecule has 1 saturated heterocycles. The highest BCUT2D eigenvalue weighted by molar-refractivity contribution is 7.11. The van der Waals surface area contributed by atoms with E-state index < -0.39 is 0 Å². The molecule has 1 N–H and O–H groups in total. The smallest absolute Gasteiger partial charge is 0.194 e. The van der Waals surface area contributed by atoms with Crippen molar-refractivity contribution in [2.75, 3.05) is 20.1 Å². The molecule has 1 aliphatic heterocycles. The first kappa shape index (κ1) is 14.8. The van der Waals surface area contributed by atoms with Gasteiger partial charge in [0.2, 0.25) is 0 Å². The molecular weight excluding hydrogens is 280 g/mol. The Morgan fingerprint density at radius 3 is 2.86 bits per heavy atom. The van der Waals surface area contributed by atoms with Gasteiger partial charge < -0.3 is 10.2 Å². The van der Waals surface area contributed by atoms with Gasteiger partial charge in [-0.3, -0.25) is 4.99 Å². The Morgan fingerprint density at radius 1 is 1.38 bits per heavy atom. The molecule has 1 aromatic heterocycles. The van der Waals surface area contributed by atoms with Crippen LogP contribution in [-0.2, 0) is 6.54 Å². The number of aromatic nitrogens is 1. The quantitative estimate of drug-likeness (QED) is 0.674. The van der Waals surface area contributed by atoms with E-state index in [0.29, 0.717) is 5.41 Å². The maximum Gasteiger partial charge on any atom is 0.194 e. The van der Waals surface area contributed by atoms with Crippen molar-refractivity contribution in [3.63, 3.8) is 0 Å². The number of thiazole rings is 1. The molecule has 0 atom stereocenters. The van der Waals surface area contributed by atoms with Crippen LogP contribution in [0.25, 0.3) is 0 Å². The first-order chi connectivity index (χ1) is 10.2. The van der Waals surface area contributed by atoms with Gasteiger partial charge in [-0.2, -0.15) is 0 Å². The highest BCUT2D eigenvalue weighted by Crippen LogP contribution is 2.43. The molecule has 21 heavy (non-hydrogen) atoms. The van der Waals surface area contributed by atoms with Gasteiger partial charge in [0.05, 0.1) is 6.54 Å². The lowest BCUT2D eigenvalue weighted by molar-refractivity contribution is 0.203. The van der Waals surface area contributed by atoms with Crippen LogP contribution in [0.2, 0.25) is 0 Å². The van der Waals surface area contributed by atoms with Gasteiger partial charge in [0.1, 0.15) is 5.01 Å². The van der Waals surface area contributed by atoms with Crippen LogP contribution in [0.5, 0.6) is 0 Å². The summed E-state index contributed by atoms with van der Waals surface area (Å²) in [4.78, 5) is 12.6. The van der Waals surface area contributed by atoms with Gasteiger partial charge in [0.15, 0.2) is 5.96 Å². The maximum atomic E-state index is 4.48. The van der Waals surface area contributed by atoms with Crippen molar-refractivity contribution in [1.82, 2.24) is 15.2 Å². The van der Waals surface area contributed by atoms with E-state index in [1.165, 1.54) is 49.9 Å². The number of nitrogens with zero attached hydrogens (tertiary/aromatic N) is 3. The summed E-state index contributed by atoms with van der Waals surface area (Å²) in [6.45, 7) is 5.22. The number of guanidine groups is 1. The van der Waals surface area contributed by atoms with E-state index in [9.17, 15) is 0 Å². The third kappa shape index (κ3) is 3.39. The van der Waals surface area contributed by atoms with E-state index in [1.54, 1.807) is 11.3 Å². The van der Waals surface area contributed by atoms with Crippen molar-refractivity contribution in [1.29, 1.82) is 0 Å². The number of aliphatic imine (C=N–C) groups is 1. The van der Waals surface area contributed by atoms with Gasteiger partial charge in [-0.1, -0.05) is 19.3 Å². The van der Waals surface area contributed by atoms with E-state index in [-0.39, 0.29) is 0 Å². The molecule has 0 radical (unpaired) electrons. The maximum absolute atomic E-state index is 4.48. The monoisotopic (exact) mass is 306 g/mol. The van der Waals surface area contributed by atoms with Crippen LogP contribution in [0.1, 0.15) is 48.4 Å². The Balaban J connectivity index is 1.57. The fourth-order valence-corrected chi connectivity index (χ4v) is 4.52. The summed E-state index contributed by atoms with van der Waals surface area (Å²) < 4.78 is 0. The summed E-state index contributed by atoms with van der Waals surface area (Å²) in [6.07, 6.45) is 10.4. The number of hydrogen-bond acceptors (Lipinski definition) is 3. The number of aryl methyl sites for hydroxylation is 1. The predicted octanol–water partition coefficient (Wildman–Crippen LogP) is 3.18.